The highest BCUT2D eigenvalue weighted by Crippen LogP contribution is 2.36. The average Bonchev–Trinajstić information content (AvgIpc) is 2.47. The van der Waals surface area contributed by atoms with Gasteiger partial charge in [0.05, 0.1) is 16.7 Å². The van der Waals surface area contributed by atoms with Crippen molar-refractivity contribution in [3.05, 3.63) is 28.8 Å². The van der Waals surface area contributed by atoms with Gasteiger partial charge in [0.1, 0.15) is 4.90 Å². The van der Waals surface area contributed by atoms with Crippen LogP contribution in [0.5, 0.6) is 0 Å². The lowest BCUT2D eigenvalue weighted by Gasteiger charge is -2.38. The van der Waals surface area contributed by atoms with Crippen molar-refractivity contribution in [1.82, 2.24) is 4.31 Å². The molecule has 1 aliphatic rings. The van der Waals surface area contributed by atoms with Crippen LogP contribution < -0.4 is 0 Å². The summed E-state index contributed by atoms with van der Waals surface area (Å²) in [5.41, 5.74) is 0.580. The second kappa shape index (κ2) is 5.96. The smallest absolute Gasteiger partial charge is 0.207 e. The molecule has 1 aromatic carbocycles. The van der Waals surface area contributed by atoms with Gasteiger partial charge in [-0.3, -0.25) is 0 Å². The Hall–Kier alpha value is -1.09. The van der Waals surface area contributed by atoms with Gasteiger partial charge in [0, 0.05) is 13.1 Å². The van der Waals surface area contributed by atoms with Gasteiger partial charge in [-0.15, -0.1) is 0 Å². The van der Waals surface area contributed by atoms with Gasteiger partial charge in [0.2, 0.25) is 10.0 Å². The van der Waals surface area contributed by atoms with E-state index in [0.717, 1.165) is 19.3 Å². The van der Waals surface area contributed by atoms with Crippen molar-refractivity contribution in [3.63, 3.8) is 0 Å². The predicted octanol–water partition coefficient (Wildman–Crippen LogP) is 3.41. The van der Waals surface area contributed by atoms with Crippen LogP contribution in [-0.2, 0) is 10.0 Å². The van der Waals surface area contributed by atoms with Crippen molar-refractivity contribution < 1.29 is 8.42 Å². The first-order chi connectivity index (χ1) is 9.82. The van der Waals surface area contributed by atoms with Crippen LogP contribution in [0.2, 0.25) is 5.02 Å². The van der Waals surface area contributed by atoms with Crippen molar-refractivity contribution in [2.45, 2.75) is 38.0 Å². The molecule has 2 rings (SSSR count). The van der Waals surface area contributed by atoms with Gasteiger partial charge in [-0.05, 0) is 36.5 Å². The van der Waals surface area contributed by atoms with Crippen LogP contribution in [0.25, 0.3) is 0 Å². The third-order valence-electron chi connectivity index (χ3n) is 4.46. The van der Waals surface area contributed by atoms with E-state index in [0.29, 0.717) is 18.7 Å². The Morgan fingerprint density at radius 1 is 1.38 bits per heavy atom. The Morgan fingerprint density at radius 3 is 2.48 bits per heavy atom. The Labute approximate surface area is 131 Å². The molecule has 0 saturated carbocycles. The fourth-order valence-electron chi connectivity index (χ4n) is 2.54. The normalized spacial score (nSPS) is 19.1. The van der Waals surface area contributed by atoms with Gasteiger partial charge in [-0.1, -0.05) is 31.9 Å². The highest BCUT2D eigenvalue weighted by Gasteiger charge is 2.35. The highest BCUT2D eigenvalue weighted by molar-refractivity contribution is 7.89. The zero-order valence-corrected chi connectivity index (χ0v) is 13.8. The minimum atomic E-state index is -3.58. The van der Waals surface area contributed by atoms with Crippen LogP contribution in [-0.4, -0.2) is 25.8 Å². The monoisotopic (exact) mass is 326 g/mol. The van der Waals surface area contributed by atoms with E-state index in [1.54, 1.807) is 0 Å². The van der Waals surface area contributed by atoms with Gasteiger partial charge in [0.15, 0.2) is 0 Å². The van der Waals surface area contributed by atoms with Crippen LogP contribution >= 0.6 is 11.6 Å². The van der Waals surface area contributed by atoms with Crippen molar-refractivity contribution in [3.8, 4) is 6.07 Å². The number of piperidine rings is 1. The van der Waals surface area contributed by atoms with Crippen LogP contribution in [0.15, 0.2) is 23.1 Å². The lowest BCUT2D eigenvalue weighted by Crippen LogP contribution is -2.41. The van der Waals surface area contributed by atoms with E-state index in [1.165, 1.54) is 22.5 Å². The first-order valence-corrected chi connectivity index (χ1v) is 8.84. The molecule has 1 fully saturated rings. The molecule has 0 aliphatic carbocycles. The highest BCUT2D eigenvalue weighted by atomic mass is 35.5. The van der Waals surface area contributed by atoms with Crippen molar-refractivity contribution in [1.29, 1.82) is 5.26 Å². The molecule has 0 radical (unpaired) electrons. The lowest BCUT2D eigenvalue weighted by atomic mass is 9.79. The third-order valence-corrected chi connectivity index (χ3v) is 6.84. The minimum absolute atomic E-state index is 0.0864. The largest absolute Gasteiger partial charge is 0.244 e. The summed E-state index contributed by atoms with van der Waals surface area (Å²) in [5, 5.41) is 8.93. The van der Waals surface area contributed by atoms with E-state index in [-0.39, 0.29) is 15.3 Å². The van der Waals surface area contributed by atoms with E-state index in [4.69, 9.17) is 16.9 Å². The molecule has 4 nitrogen and oxygen atoms in total. The summed E-state index contributed by atoms with van der Waals surface area (Å²) in [6.07, 6.45) is 2.77. The van der Waals surface area contributed by atoms with Gasteiger partial charge in [-0.25, -0.2) is 8.42 Å². The number of rotatable bonds is 3. The molecule has 0 spiro atoms. The molecule has 0 atom stereocenters. The van der Waals surface area contributed by atoms with E-state index >= 15 is 0 Å². The average molecular weight is 327 g/mol. The number of nitriles is 1. The number of hydrogen-bond donors (Lipinski definition) is 0. The van der Waals surface area contributed by atoms with Crippen molar-refractivity contribution >= 4 is 21.6 Å². The number of benzene rings is 1. The van der Waals surface area contributed by atoms with Crippen molar-refractivity contribution in [2.24, 2.45) is 5.41 Å². The molecular weight excluding hydrogens is 308 g/mol. The Morgan fingerprint density at radius 2 is 2.00 bits per heavy atom. The maximum Gasteiger partial charge on any atom is 0.244 e. The predicted molar refractivity (Wildman–Crippen MR) is 82.6 cm³/mol. The lowest BCUT2D eigenvalue weighted by molar-refractivity contribution is 0.169. The number of halogens is 1. The summed E-state index contributed by atoms with van der Waals surface area (Å²) in [4.78, 5) is 0.0864. The maximum absolute atomic E-state index is 12.7. The van der Waals surface area contributed by atoms with E-state index in [2.05, 4.69) is 13.8 Å². The maximum atomic E-state index is 12.7. The third kappa shape index (κ3) is 3.23. The second-order valence-corrected chi connectivity index (χ2v) is 8.14. The van der Waals surface area contributed by atoms with Crippen molar-refractivity contribution in [2.75, 3.05) is 13.1 Å². The summed E-state index contributed by atoms with van der Waals surface area (Å²) >= 11 is 6.04. The molecule has 0 amide bonds. The number of sulfonamides is 1. The molecule has 0 aromatic heterocycles. The molecule has 1 aromatic rings. The zero-order valence-electron chi connectivity index (χ0n) is 12.3. The Bertz CT molecular complexity index is 671. The van der Waals surface area contributed by atoms with Crippen LogP contribution in [0.3, 0.4) is 0 Å². The fraction of sp³-hybridized carbons (Fsp3) is 0.533. The summed E-state index contributed by atoms with van der Waals surface area (Å²) in [6, 6.07) is 6.25. The fourth-order valence-corrected chi connectivity index (χ4v) is 4.50. The van der Waals surface area contributed by atoms with E-state index < -0.39 is 10.0 Å². The second-order valence-electron chi connectivity index (χ2n) is 5.83. The summed E-state index contributed by atoms with van der Waals surface area (Å²) in [5.74, 6) is 0. The molecule has 0 N–H and O–H groups in total. The molecule has 1 saturated heterocycles. The zero-order chi connectivity index (χ0) is 15.7. The van der Waals surface area contributed by atoms with Gasteiger partial charge < -0.3 is 0 Å². The molecular formula is C15H19ClN2O2S. The molecule has 114 valence electrons. The standard InChI is InChI=1S/C15H19ClN2O2S/c1-3-15(2)6-8-18(9-7-15)21(19,20)14-5-4-12(11-17)10-13(14)16/h4-5,10H,3,6-9H2,1-2H3. The number of hydrogen-bond acceptors (Lipinski definition) is 3. The minimum Gasteiger partial charge on any atom is -0.207 e. The Balaban J connectivity index is 2.26. The van der Waals surface area contributed by atoms with Crippen LogP contribution in [0, 0.1) is 16.7 Å². The first kappa shape index (κ1) is 16.3. The van der Waals surface area contributed by atoms with Crippen LogP contribution in [0.4, 0.5) is 0 Å². The van der Waals surface area contributed by atoms with E-state index in [9.17, 15) is 8.42 Å². The van der Waals surface area contributed by atoms with Crippen LogP contribution in [0.1, 0.15) is 38.7 Å². The molecule has 21 heavy (non-hydrogen) atoms. The van der Waals surface area contributed by atoms with Gasteiger partial charge in [-0.2, -0.15) is 9.57 Å². The quantitative estimate of drug-likeness (QED) is 0.855. The summed E-state index contributed by atoms with van der Waals surface area (Å²) in [7, 11) is -3.58. The summed E-state index contributed by atoms with van der Waals surface area (Å²) in [6.45, 7) is 5.37. The summed E-state index contributed by atoms with van der Waals surface area (Å²) < 4.78 is 26.8. The van der Waals surface area contributed by atoms with Gasteiger partial charge in [0.25, 0.3) is 0 Å². The van der Waals surface area contributed by atoms with Gasteiger partial charge >= 0.3 is 0 Å². The molecule has 1 aliphatic heterocycles. The number of nitrogens with zero attached hydrogens (tertiary/aromatic N) is 2. The topological polar surface area (TPSA) is 61.2 Å². The molecule has 6 heteroatoms. The molecule has 0 bridgehead atoms. The first-order valence-electron chi connectivity index (χ1n) is 7.02. The SMILES string of the molecule is CCC1(C)CCN(S(=O)(=O)c2ccc(C#N)cc2Cl)CC1. The van der Waals surface area contributed by atoms with E-state index in [1.807, 2.05) is 6.07 Å². The molecule has 1 heterocycles. The molecule has 0 unspecified atom stereocenters. The Kier molecular flexibility index (Phi) is 4.62.